The molecule has 0 radical (unpaired) electrons. The predicted octanol–water partition coefficient (Wildman–Crippen LogP) is 7.43. The van der Waals surface area contributed by atoms with E-state index in [1.165, 1.54) is 28.3 Å². The number of aryl methyl sites for hydroxylation is 1. The molecule has 1 atom stereocenters. The average molecular weight is 523 g/mol. The van der Waals surface area contributed by atoms with Gasteiger partial charge in [-0.1, -0.05) is 50.7 Å². The normalized spacial score (nSPS) is 15.8. The van der Waals surface area contributed by atoms with E-state index >= 15 is 0 Å². The molecule has 188 valence electrons. The summed E-state index contributed by atoms with van der Waals surface area (Å²) in [4.78, 5) is 21.1. The van der Waals surface area contributed by atoms with Gasteiger partial charge in [-0.3, -0.25) is 9.36 Å². The van der Waals surface area contributed by atoms with Gasteiger partial charge < -0.3 is 4.74 Å². The molecule has 1 aliphatic carbocycles. The van der Waals surface area contributed by atoms with Crippen molar-refractivity contribution in [2.24, 2.45) is 11.3 Å². The Hall–Kier alpha value is -2.64. The van der Waals surface area contributed by atoms with Crippen molar-refractivity contribution >= 4 is 33.3 Å². The summed E-state index contributed by atoms with van der Waals surface area (Å²) in [7, 11) is 0. The van der Waals surface area contributed by atoms with Crippen molar-refractivity contribution < 1.29 is 9.13 Å². The number of thioether (sulfide) groups is 1. The lowest BCUT2D eigenvalue weighted by atomic mass is 9.72. The van der Waals surface area contributed by atoms with Gasteiger partial charge in [0.15, 0.2) is 5.16 Å². The van der Waals surface area contributed by atoms with Crippen molar-refractivity contribution in [3.8, 4) is 11.4 Å². The standard InChI is InChI=1S/C29H31FN2O2S2/c1-5-34-21-13-11-20(12-14-21)32-27(33)25-22-15-10-19(29(2,3)4)16-24(22)36-26(25)31-28(32)35-17-18-8-6-7-9-23(18)30/h6-9,11-14,19H,5,10,15-17H2,1-4H3. The maximum Gasteiger partial charge on any atom is 0.267 e. The zero-order valence-electron chi connectivity index (χ0n) is 21.1. The zero-order chi connectivity index (χ0) is 25.4. The van der Waals surface area contributed by atoms with E-state index in [0.717, 1.165) is 40.9 Å². The third-order valence-corrected chi connectivity index (χ3v) is 9.13. The maximum atomic E-state index is 14.3. The first kappa shape index (κ1) is 25.0. The van der Waals surface area contributed by atoms with E-state index in [0.29, 0.717) is 29.0 Å². The fourth-order valence-corrected chi connectivity index (χ4v) is 7.23. The van der Waals surface area contributed by atoms with E-state index in [2.05, 4.69) is 20.8 Å². The molecule has 0 amide bonds. The Labute approximate surface area is 219 Å². The van der Waals surface area contributed by atoms with Gasteiger partial charge in [0.25, 0.3) is 5.56 Å². The molecule has 0 fully saturated rings. The van der Waals surface area contributed by atoms with Crippen LogP contribution in [0.25, 0.3) is 15.9 Å². The molecular weight excluding hydrogens is 491 g/mol. The van der Waals surface area contributed by atoms with Crippen LogP contribution in [0, 0.1) is 17.2 Å². The van der Waals surface area contributed by atoms with E-state index < -0.39 is 0 Å². The lowest BCUT2D eigenvalue weighted by Gasteiger charge is -2.33. The number of hydrogen-bond acceptors (Lipinski definition) is 5. The van der Waals surface area contributed by atoms with Crippen LogP contribution in [0.2, 0.25) is 0 Å². The van der Waals surface area contributed by atoms with Gasteiger partial charge in [-0.05, 0) is 79.0 Å². The van der Waals surface area contributed by atoms with Crippen LogP contribution in [0.5, 0.6) is 5.75 Å². The number of rotatable bonds is 6. The second kappa shape index (κ2) is 10.0. The van der Waals surface area contributed by atoms with Crippen LogP contribution in [-0.2, 0) is 18.6 Å². The largest absolute Gasteiger partial charge is 0.494 e. The third-order valence-electron chi connectivity index (χ3n) is 7.00. The fourth-order valence-electron chi connectivity index (χ4n) is 4.89. The summed E-state index contributed by atoms with van der Waals surface area (Å²) in [6.07, 6.45) is 2.97. The topological polar surface area (TPSA) is 44.1 Å². The molecule has 0 N–H and O–H groups in total. The molecule has 2 heterocycles. The van der Waals surface area contributed by atoms with Crippen molar-refractivity contribution in [2.75, 3.05) is 6.61 Å². The highest BCUT2D eigenvalue weighted by molar-refractivity contribution is 7.98. The second-order valence-corrected chi connectivity index (χ2v) is 12.4. The molecule has 4 aromatic rings. The summed E-state index contributed by atoms with van der Waals surface area (Å²) < 4.78 is 21.6. The number of fused-ring (bicyclic) bond motifs is 3. The highest BCUT2D eigenvalue weighted by Crippen LogP contribution is 2.42. The first-order valence-corrected chi connectivity index (χ1v) is 14.2. The first-order chi connectivity index (χ1) is 17.3. The van der Waals surface area contributed by atoms with E-state index in [-0.39, 0.29) is 16.8 Å². The summed E-state index contributed by atoms with van der Waals surface area (Å²) in [6, 6.07) is 14.3. The van der Waals surface area contributed by atoms with Gasteiger partial charge in [-0.2, -0.15) is 0 Å². The van der Waals surface area contributed by atoms with Crippen LogP contribution in [0.3, 0.4) is 0 Å². The van der Waals surface area contributed by atoms with Gasteiger partial charge >= 0.3 is 0 Å². The van der Waals surface area contributed by atoms with E-state index in [4.69, 9.17) is 9.72 Å². The highest BCUT2D eigenvalue weighted by atomic mass is 32.2. The van der Waals surface area contributed by atoms with E-state index in [1.54, 1.807) is 28.0 Å². The number of aromatic nitrogens is 2. The number of ether oxygens (including phenoxy) is 1. The number of halogens is 1. The number of nitrogens with zero attached hydrogens (tertiary/aromatic N) is 2. The molecule has 2 aromatic heterocycles. The lowest BCUT2D eigenvalue weighted by molar-refractivity contribution is 0.218. The summed E-state index contributed by atoms with van der Waals surface area (Å²) in [5, 5.41) is 1.32. The maximum absolute atomic E-state index is 14.3. The van der Waals surface area contributed by atoms with Crippen molar-refractivity contribution in [1.82, 2.24) is 9.55 Å². The third kappa shape index (κ3) is 4.83. The summed E-state index contributed by atoms with van der Waals surface area (Å²) in [5.74, 6) is 1.48. The van der Waals surface area contributed by atoms with Gasteiger partial charge in [0, 0.05) is 10.6 Å². The number of thiophene rings is 1. The highest BCUT2D eigenvalue weighted by Gasteiger charge is 2.32. The van der Waals surface area contributed by atoms with Gasteiger partial charge in [0.2, 0.25) is 0 Å². The van der Waals surface area contributed by atoms with Crippen molar-refractivity contribution in [3.63, 3.8) is 0 Å². The molecule has 1 aliphatic rings. The molecule has 36 heavy (non-hydrogen) atoms. The second-order valence-electron chi connectivity index (χ2n) is 10.3. The van der Waals surface area contributed by atoms with Crippen LogP contribution in [0.4, 0.5) is 4.39 Å². The minimum Gasteiger partial charge on any atom is -0.494 e. The van der Waals surface area contributed by atoms with Crippen molar-refractivity contribution in [2.45, 2.75) is 57.9 Å². The molecule has 0 aliphatic heterocycles. The van der Waals surface area contributed by atoms with Crippen LogP contribution < -0.4 is 10.3 Å². The summed E-state index contributed by atoms with van der Waals surface area (Å²) >= 11 is 3.04. The Bertz CT molecular complexity index is 1450. The minimum atomic E-state index is -0.249. The molecule has 0 bridgehead atoms. The Morgan fingerprint density at radius 1 is 1.17 bits per heavy atom. The van der Waals surface area contributed by atoms with Crippen LogP contribution in [0.1, 0.15) is 50.1 Å². The molecule has 0 spiro atoms. The predicted molar refractivity (Wildman–Crippen MR) is 147 cm³/mol. The van der Waals surface area contributed by atoms with Crippen molar-refractivity contribution in [1.29, 1.82) is 0 Å². The SMILES string of the molecule is CCOc1ccc(-n2c(SCc3ccccc3F)nc3sc4c(c3c2=O)CCC(C(C)(C)C)C4)cc1. The molecule has 4 nitrogen and oxygen atoms in total. The van der Waals surface area contributed by atoms with Crippen LogP contribution in [-0.4, -0.2) is 16.2 Å². The summed E-state index contributed by atoms with van der Waals surface area (Å²) in [6.45, 7) is 9.41. The van der Waals surface area contributed by atoms with Gasteiger partial charge in [-0.15, -0.1) is 11.3 Å². The molecule has 2 aromatic carbocycles. The Kier molecular flexibility index (Phi) is 6.97. The lowest BCUT2D eigenvalue weighted by Crippen LogP contribution is -2.27. The fraction of sp³-hybridized carbons (Fsp3) is 0.379. The Morgan fingerprint density at radius 3 is 2.61 bits per heavy atom. The van der Waals surface area contributed by atoms with Crippen LogP contribution in [0.15, 0.2) is 58.5 Å². The average Bonchev–Trinajstić information content (AvgIpc) is 3.22. The zero-order valence-corrected chi connectivity index (χ0v) is 22.8. The van der Waals surface area contributed by atoms with Crippen LogP contribution >= 0.6 is 23.1 Å². The van der Waals surface area contributed by atoms with E-state index in [9.17, 15) is 9.18 Å². The number of hydrogen-bond donors (Lipinski definition) is 0. The Balaban J connectivity index is 1.62. The summed E-state index contributed by atoms with van der Waals surface area (Å²) in [5.41, 5.74) is 2.67. The molecule has 5 rings (SSSR count). The molecule has 1 unspecified atom stereocenters. The minimum absolute atomic E-state index is 0.0492. The molecular formula is C29H31FN2O2S2. The Morgan fingerprint density at radius 2 is 1.92 bits per heavy atom. The molecule has 0 saturated carbocycles. The smallest absolute Gasteiger partial charge is 0.267 e. The van der Waals surface area contributed by atoms with Crippen molar-refractivity contribution in [3.05, 3.63) is 80.7 Å². The van der Waals surface area contributed by atoms with Gasteiger partial charge in [-0.25, -0.2) is 9.37 Å². The van der Waals surface area contributed by atoms with Gasteiger partial charge in [0.1, 0.15) is 16.4 Å². The number of benzene rings is 2. The first-order valence-electron chi connectivity index (χ1n) is 12.4. The van der Waals surface area contributed by atoms with E-state index in [1.807, 2.05) is 37.3 Å². The molecule has 0 saturated heterocycles. The molecule has 7 heteroatoms. The monoisotopic (exact) mass is 522 g/mol. The van der Waals surface area contributed by atoms with Gasteiger partial charge in [0.05, 0.1) is 17.7 Å². The quantitative estimate of drug-likeness (QED) is 0.195.